The van der Waals surface area contributed by atoms with Gasteiger partial charge in [-0.1, -0.05) is 18.2 Å². The summed E-state index contributed by atoms with van der Waals surface area (Å²) in [6, 6.07) is 11.1. The second-order valence-electron chi connectivity index (χ2n) is 6.97. The molecular formula is C20H16N6O3. The van der Waals surface area contributed by atoms with Gasteiger partial charge in [0.25, 0.3) is 5.56 Å². The third-order valence-corrected chi connectivity index (χ3v) is 5.05. The Kier molecular flexibility index (Phi) is 3.87. The molecule has 0 radical (unpaired) electrons. The van der Waals surface area contributed by atoms with Gasteiger partial charge in [0, 0.05) is 41.7 Å². The Balaban J connectivity index is 1.49. The predicted octanol–water partition coefficient (Wildman–Crippen LogP) is 1.52. The highest BCUT2D eigenvalue weighted by Gasteiger charge is 2.45. The lowest BCUT2D eigenvalue weighted by Gasteiger charge is -2.08. The summed E-state index contributed by atoms with van der Waals surface area (Å²) >= 11 is 0. The summed E-state index contributed by atoms with van der Waals surface area (Å²) in [5.41, 5.74) is 1.78. The molecule has 1 amide bonds. The molecule has 2 atom stereocenters. The van der Waals surface area contributed by atoms with Gasteiger partial charge in [-0.05, 0) is 24.6 Å². The van der Waals surface area contributed by atoms with E-state index in [1.165, 1.54) is 6.20 Å². The number of hydrogen-bond donors (Lipinski definition) is 3. The molecule has 29 heavy (non-hydrogen) atoms. The molecule has 5 rings (SSSR count). The quantitative estimate of drug-likeness (QED) is 0.489. The second kappa shape index (κ2) is 6.55. The highest BCUT2D eigenvalue weighted by Crippen LogP contribution is 2.49. The number of anilines is 1. The van der Waals surface area contributed by atoms with Crippen LogP contribution >= 0.6 is 0 Å². The zero-order valence-corrected chi connectivity index (χ0v) is 15.1. The van der Waals surface area contributed by atoms with Crippen LogP contribution in [0.15, 0.2) is 64.6 Å². The molecule has 0 aliphatic heterocycles. The van der Waals surface area contributed by atoms with Crippen LogP contribution in [-0.4, -0.2) is 30.5 Å². The van der Waals surface area contributed by atoms with Crippen LogP contribution in [0.25, 0.3) is 16.9 Å². The van der Waals surface area contributed by atoms with E-state index in [0.29, 0.717) is 17.8 Å². The summed E-state index contributed by atoms with van der Waals surface area (Å²) in [7, 11) is 0. The normalized spacial score (nSPS) is 17.9. The minimum atomic E-state index is -0.581. The molecule has 1 aliphatic carbocycles. The van der Waals surface area contributed by atoms with Gasteiger partial charge < -0.3 is 10.3 Å². The van der Waals surface area contributed by atoms with E-state index in [1.54, 1.807) is 23.0 Å². The number of benzene rings is 1. The number of aromatic amines is 2. The molecule has 3 heterocycles. The number of nitrogens with one attached hydrogen (secondary N) is 3. The molecule has 9 heteroatoms. The highest BCUT2D eigenvalue weighted by molar-refractivity contribution is 5.95. The maximum Gasteiger partial charge on any atom is 0.325 e. The van der Waals surface area contributed by atoms with Crippen molar-refractivity contribution >= 4 is 17.2 Å². The summed E-state index contributed by atoms with van der Waals surface area (Å²) in [4.78, 5) is 45.1. The van der Waals surface area contributed by atoms with Crippen LogP contribution in [0.4, 0.5) is 5.69 Å². The Morgan fingerprint density at radius 3 is 2.83 bits per heavy atom. The fourth-order valence-corrected chi connectivity index (χ4v) is 3.53. The summed E-state index contributed by atoms with van der Waals surface area (Å²) in [5, 5.41) is 7.35. The number of carbonyl (C=O) groups excluding carboxylic acids is 1. The van der Waals surface area contributed by atoms with Gasteiger partial charge in [0.1, 0.15) is 0 Å². The van der Waals surface area contributed by atoms with Crippen molar-refractivity contribution in [2.75, 3.05) is 5.32 Å². The van der Waals surface area contributed by atoms with Gasteiger partial charge in [-0.2, -0.15) is 5.10 Å². The third-order valence-electron chi connectivity index (χ3n) is 5.05. The first kappa shape index (κ1) is 17.1. The number of fused-ring (bicyclic) bond motifs is 1. The molecule has 1 aliphatic rings. The molecule has 3 aromatic heterocycles. The maximum atomic E-state index is 12.6. The highest BCUT2D eigenvalue weighted by atomic mass is 16.2. The van der Waals surface area contributed by atoms with E-state index in [0.717, 1.165) is 11.3 Å². The molecule has 1 fully saturated rings. The van der Waals surface area contributed by atoms with Gasteiger partial charge in [-0.3, -0.25) is 14.6 Å². The first-order chi connectivity index (χ1) is 14.1. The van der Waals surface area contributed by atoms with E-state index in [1.807, 2.05) is 30.3 Å². The van der Waals surface area contributed by atoms with Crippen LogP contribution in [0, 0.1) is 5.92 Å². The molecule has 0 bridgehead atoms. The smallest absolute Gasteiger partial charge is 0.325 e. The van der Waals surface area contributed by atoms with Gasteiger partial charge >= 0.3 is 5.69 Å². The standard InChI is InChI=1S/C20H16N6O3/c27-18(23-11-4-2-1-3-5-11)14-8-12(14)13-9-16(25-26-7-6-21-17(13)26)15-10-22-20(29)24-19(15)28/h1-7,9-10,12,14H,8H2,(H,23,27)(H2,22,24,28,29)/t12-,14+/m1/s1. The number of hydrogen-bond acceptors (Lipinski definition) is 5. The van der Waals surface area contributed by atoms with Gasteiger partial charge in [0.05, 0.1) is 11.3 Å². The minimum Gasteiger partial charge on any atom is -0.326 e. The second-order valence-corrected chi connectivity index (χ2v) is 6.97. The van der Waals surface area contributed by atoms with Crippen LogP contribution in [-0.2, 0) is 4.79 Å². The van der Waals surface area contributed by atoms with Crippen molar-refractivity contribution in [1.82, 2.24) is 24.6 Å². The SMILES string of the molecule is O=C(Nc1ccccc1)[C@H]1C[C@@H]1c1cc(-c2c[nH]c(=O)[nH]c2=O)nn2ccnc12. The largest absolute Gasteiger partial charge is 0.326 e. The van der Waals surface area contributed by atoms with Crippen molar-refractivity contribution < 1.29 is 4.79 Å². The number of carbonyl (C=O) groups is 1. The molecule has 0 spiro atoms. The van der Waals surface area contributed by atoms with Gasteiger partial charge in [-0.15, -0.1) is 0 Å². The van der Waals surface area contributed by atoms with Gasteiger partial charge in [0.2, 0.25) is 5.91 Å². The van der Waals surface area contributed by atoms with E-state index >= 15 is 0 Å². The average molecular weight is 388 g/mol. The van der Waals surface area contributed by atoms with Crippen LogP contribution in [0.2, 0.25) is 0 Å². The number of amides is 1. The first-order valence-corrected chi connectivity index (χ1v) is 9.13. The summed E-state index contributed by atoms with van der Waals surface area (Å²) in [5.74, 6) is -0.252. The van der Waals surface area contributed by atoms with Gasteiger partial charge in [0.15, 0.2) is 5.65 Å². The molecule has 1 saturated carbocycles. The van der Waals surface area contributed by atoms with E-state index < -0.39 is 11.2 Å². The minimum absolute atomic E-state index is 0.0211. The first-order valence-electron chi connectivity index (χ1n) is 9.13. The maximum absolute atomic E-state index is 12.6. The van der Waals surface area contributed by atoms with Gasteiger partial charge in [-0.25, -0.2) is 14.3 Å². The Bertz CT molecular complexity index is 1340. The fourth-order valence-electron chi connectivity index (χ4n) is 3.53. The van der Waals surface area contributed by atoms with E-state index in [4.69, 9.17) is 0 Å². The van der Waals surface area contributed by atoms with Crippen molar-refractivity contribution in [3.05, 3.63) is 81.4 Å². The molecular weight excluding hydrogens is 372 g/mol. The lowest BCUT2D eigenvalue weighted by Crippen LogP contribution is -2.23. The van der Waals surface area contributed by atoms with Crippen LogP contribution < -0.4 is 16.6 Å². The number of H-pyrrole nitrogens is 2. The van der Waals surface area contributed by atoms with Crippen LogP contribution in [0.3, 0.4) is 0 Å². The molecule has 0 saturated heterocycles. The summed E-state index contributed by atoms with van der Waals surface area (Å²) in [6.07, 6.45) is 5.33. The topological polar surface area (TPSA) is 125 Å². The molecule has 1 aromatic carbocycles. The van der Waals surface area contributed by atoms with E-state index in [2.05, 4.69) is 25.4 Å². The number of para-hydroxylation sites is 1. The predicted molar refractivity (Wildman–Crippen MR) is 106 cm³/mol. The monoisotopic (exact) mass is 388 g/mol. The number of nitrogens with zero attached hydrogens (tertiary/aromatic N) is 3. The summed E-state index contributed by atoms with van der Waals surface area (Å²) < 4.78 is 1.58. The zero-order chi connectivity index (χ0) is 20.0. The Labute approximate surface area is 163 Å². The zero-order valence-electron chi connectivity index (χ0n) is 15.1. The van der Waals surface area contributed by atoms with Crippen molar-refractivity contribution in [1.29, 1.82) is 0 Å². The molecule has 4 aromatic rings. The molecule has 0 unspecified atom stereocenters. The van der Waals surface area contributed by atoms with E-state index in [-0.39, 0.29) is 23.3 Å². The van der Waals surface area contributed by atoms with Crippen molar-refractivity contribution in [3.63, 3.8) is 0 Å². The van der Waals surface area contributed by atoms with E-state index in [9.17, 15) is 14.4 Å². The van der Waals surface area contributed by atoms with Crippen molar-refractivity contribution in [3.8, 4) is 11.3 Å². The Morgan fingerprint density at radius 1 is 1.21 bits per heavy atom. The third kappa shape index (κ3) is 3.12. The number of aromatic nitrogens is 5. The van der Waals surface area contributed by atoms with Crippen LogP contribution in [0.1, 0.15) is 17.9 Å². The molecule has 144 valence electrons. The number of rotatable bonds is 4. The lowest BCUT2D eigenvalue weighted by atomic mass is 10.1. The van der Waals surface area contributed by atoms with Crippen molar-refractivity contribution in [2.45, 2.75) is 12.3 Å². The molecule has 9 nitrogen and oxygen atoms in total. The summed E-state index contributed by atoms with van der Waals surface area (Å²) in [6.45, 7) is 0. The average Bonchev–Trinajstić information content (AvgIpc) is 3.37. The Hall–Kier alpha value is -4.01. The Morgan fingerprint density at radius 2 is 2.03 bits per heavy atom. The number of imidazole rings is 1. The lowest BCUT2D eigenvalue weighted by molar-refractivity contribution is -0.117. The fraction of sp³-hybridized carbons (Fsp3) is 0.150. The van der Waals surface area contributed by atoms with Crippen molar-refractivity contribution in [2.24, 2.45) is 5.92 Å². The molecule has 3 N–H and O–H groups in total. The van der Waals surface area contributed by atoms with Crippen LogP contribution in [0.5, 0.6) is 0 Å².